The van der Waals surface area contributed by atoms with Crippen molar-refractivity contribution in [2.45, 2.75) is 63.8 Å². The minimum absolute atomic E-state index is 0.00530. The first kappa shape index (κ1) is 17.3. The number of nitrogens with one attached hydrogen (secondary N) is 2. The first-order chi connectivity index (χ1) is 12.0. The van der Waals surface area contributed by atoms with Gasteiger partial charge in [-0.2, -0.15) is 0 Å². The van der Waals surface area contributed by atoms with Crippen LogP contribution in [0.4, 0.5) is 0 Å². The molecule has 140 valence electrons. The lowest BCUT2D eigenvalue weighted by atomic mass is 9.49. The molecule has 4 aliphatic carbocycles. The molecule has 0 radical (unpaired) electrons. The third kappa shape index (κ3) is 3.86. The molecular formula is C20H33N3O2. The van der Waals surface area contributed by atoms with Gasteiger partial charge in [-0.15, -0.1) is 0 Å². The van der Waals surface area contributed by atoms with E-state index in [0.29, 0.717) is 12.0 Å². The highest BCUT2D eigenvalue weighted by atomic mass is 16.2. The summed E-state index contributed by atoms with van der Waals surface area (Å²) in [6, 6.07) is -0.344. The number of amides is 2. The third-order valence-corrected chi connectivity index (χ3v) is 7.05. The first-order valence-electron chi connectivity index (χ1n) is 10.3. The van der Waals surface area contributed by atoms with Crippen LogP contribution in [-0.4, -0.2) is 49.4 Å². The van der Waals surface area contributed by atoms with Crippen LogP contribution in [0.5, 0.6) is 0 Å². The molecule has 5 aliphatic rings. The predicted octanol–water partition coefficient (Wildman–Crippen LogP) is 1.92. The maximum absolute atomic E-state index is 12.4. The molecular weight excluding hydrogens is 314 g/mol. The molecule has 2 amide bonds. The Morgan fingerprint density at radius 2 is 1.80 bits per heavy atom. The van der Waals surface area contributed by atoms with Crippen molar-refractivity contribution in [3.63, 3.8) is 0 Å². The molecule has 4 bridgehead atoms. The molecule has 1 atom stereocenters. The van der Waals surface area contributed by atoms with E-state index in [1.165, 1.54) is 38.5 Å². The minimum atomic E-state index is -0.344. The average Bonchev–Trinajstić information content (AvgIpc) is 2.70. The van der Waals surface area contributed by atoms with E-state index in [2.05, 4.69) is 22.6 Å². The maximum atomic E-state index is 12.4. The smallest absolute Gasteiger partial charge is 0.242 e. The average molecular weight is 348 g/mol. The van der Waals surface area contributed by atoms with Crippen LogP contribution in [0.2, 0.25) is 0 Å². The molecule has 0 aromatic heterocycles. The summed E-state index contributed by atoms with van der Waals surface area (Å²) in [5.74, 6) is 2.82. The third-order valence-electron chi connectivity index (χ3n) is 7.05. The number of hydrogen-bond donors (Lipinski definition) is 2. The van der Waals surface area contributed by atoms with E-state index in [1.54, 1.807) is 0 Å². The summed E-state index contributed by atoms with van der Waals surface area (Å²) in [5.41, 5.74) is 0.462. The molecule has 5 rings (SSSR count). The number of likely N-dealkylation sites (N-methyl/N-ethyl adjacent to an activating group) is 1. The van der Waals surface area contributed by atoms with Crippen molar-refractivity contribution in [3.8, 4) is 0 Å². The minimum Gasteiger partial charge on any atom is -0.354 e. The van der Waals surface area contributed by atoms with E-state index in [0.717, 1.165) is 50.1 Å². The summed E-state index contributed by atoms with van der Waals surface area (Å²) in [7, 11) is 2.07. The molecule has 1 aliphatic heterocycles. The fourth-order valence-electron chi connectivity index (χ4n) is 6.67. The van der Waals surface area contributed by atoms with Gasteiger partial charge < -0.3 is 10.6 Å². The fourth-order valence-corrected chi connectivity index (χ4v) is 6.67. The lowest BCUT2D eigenvalue weighted by Gasteiger charge is -2.57. The van der Waals surface area contributed by atoms with E-state index in [-0.39, 0.29) is 17.9 Å². The SMILES string of the molecule is CN(CC(=O)N[C@@H]1CCCCNC1=O)CC12CC3CC(CC(C3)C1)C2. The van der Waals surface area contributed by atoms with Gasteiger partial charge in [-0.3, -0.25) is 14.5 Å². The zero-order valence-electron chi connectivity index (χ0n) is 15.6. The van der Waals surface area contributed by atoms with Gasteiger partial charge in [-0.05, 0) is 88.0 Å². The van der Waals surface area contributed by atoms with Crippen molar-refractivity contribution >= 4 is 11.8 Å². The molecule has 4 saturated carbocycles. The van der Waals surface area contributed by atoms with Crippen molar-refractivity contribution in [2.75, 3.05) is 26.7 Å². The molecule has 25 heavy (non-hydrogen) atoms. The van der Waals surface area contributed by atoms with Crippen LogP contribution in [0.15, 0.2) is 0 Å². The van der Waals surface area contributed by atoms with Gasteiger partial charge in [0.15, 0.2) is 0 Å². The Hall–Kier alpha value is -1.10. The number of rotatable bonds is 5. The maximum Gasteiger partial charge on any atom is 0.242 e. The van der Waals surface area contributed by atoms with E-state index in [9.17, 15) is 9.59 Å². The number of carbonyl (C=O) groups is 2. The summed E-state index contributed by atoms with van der Waals surface area (Å²) in [5, 5.41) is 5.84. The Bertz CT molecular complexity index is 498. The number of hydrogen-bond acceptors (Lipinski definition) is 3. The monoisotopic (exact) mass is 347 g/mol. The van der Waals surface area contributed by atoms with Gasteiger partial charge in [0.2, 0.25) is 11.8 Å². The molecule has 5 fully saturated rings. The summed E-state index contributed by atoms with van der Waals surface area (Å²) < 4.78 is 0. The van der Waals surface area contributed by atoms with Crippen LogP contribution in [0, 0.1) is 23.2 Å². The van der Waals surface area contributed by atoms with Crippen LogP contribution >= 0.6 is 0 Å². The van der Waals surface area contributed by atoms with Crippen LogP contribution < -0.4 is 10.6 Å². The molecule has 5 nitrogen and oxygen atoms in total. The van der Waals surface area contributed by atoms with Gasteiger partial charge in [-0.1, -0.05) is 0 Å². The second-order valence-electron chi connectivity index (χ2n) is 9.50. The lowest BCUT2D eigenvalue weighted by Crippen LogP contribution is -2.52. The Morgan fingerprint density at radius 3 is 2.44 bits per heavy atom. The first-order valence-corrected chi connectivity index (χ1v) is 10.3. The molecule has 0 spiro atoms. The summed E-state index contributed by atoms with van der Waals surface area (Å²) in [6.45, 7) is 2.18. The highest BCUT2D eigenvalue weighted by molar-refractivity contribution is 5.88. The predicted molar refractivity (Wildman–Crippen MR) is 96.9 cm³/mol. The van der Waals surface area contributed by atoms with Gasteiger partial charge >= 0.3 is 0 Å². The zero-order valence-corrected chi connectivity index (χ0v) is 15.6. The number of carbonyl (C=O) groups excluding carboxylic acids is 2. The molecule has 0 unspecified atom stereocenters. The van der Waals surface area contributed by atoms with Crippen LogP contribution in [-0.2, 0) is 9.59 Å². The van der Waals surface area contributed by atoms with Crippen molar-refractivity contribution in [2.24, 2.45) is 23.2 Å². The van der Waals surface area contributed by atoms with E-state index in [4.69, 9.17) is 0 Å². The standard InChI is InChI=1S/C20H33N3O2/c1-23(12-18(24)22-17-4-2-3-5-21-19(17)25)13-20-9-14-6-15(10-20)8-16(7-14)11-20/h14-17H,2-13H2,1H3,(H,21,25)(H,22,24)/t14?,15?,16?,17-,20?/m1/s1. The summed E-state index contributed by atoms with van der Waals surface area (Å²) in [6.07, 6.45) is 11.2. The van der Waals surface area contributed by atoms with Crippen LogP contribution in [0.25, 0.3) is 0 Å². The van der Waals surface area contributed by atoms with Gasteiger partial charge in [0, 0.05) is 13.1 Å². The normalized spacial score (nSPS) is 40.0. The molecule has 0 aromatic carbocycles. The fraction of sp³-hybridized carbons (Fsp3) is 0.900. The molecule has 2 N–H and O–H groups in total. The highest BCUT2D eigenvalue weighted by Crippen LogP contribution is 2.60. The Balaban J connectivity index is 1.29. The Labute approximate surface area is 151 Å². The lowest BCUT2D eigenvalue weighted by molar-refractivity contribution is -0.130. The second kappa shape index (κ2) is 6.90. The Kier molecular flexibility index (Phi) is 4.78. The molecule has 5 heteroatoms. The van der Waals surface area contributed by atoms with Gasteiger partial charge in [-0.25, -0.2) is 0 Å². The largest absolute Gasteiger partial charge is 0.354 e. The van der Waals surface area contributed by atoms with E-state index in [1.807, 2.05) is 0 Å². The molecule has 1 saturated heterocycles. The molecule has 1 heterocycles. The Morgan fingerprint density at radius 1 is 1.16 bits per heavy atom. The van der Waals surface area contributed by atoms with Gasteiger partial charge in [0.1, 0.15) is 6.04 Å². The van der Waals surface area contributed by atoms with Crippen molar-refractivity contribution in [1.82, 2.24) is 15.5 Å². The summed E-state index contributed by atoms with van der Waals surface area (Å²) in [4.78, 5) is 26.6. The number of nitrogens with zero attached hydrogens (tertiary/aromatic N) is 1. The van der Waals surface area contributed by atoms with Crippen LogP contribution in [0.1, 0.15) is 57.8 Å². The summed E-state index contributed by atoms with van der Waals surface area (Å²) >= 11 is 0. The van der Waals surface area contributed by atoms with Crippen LogP contribution in [0.3, 0.4) is 0 Å². The quantitative estimate of drug-likeness (QED) is 0.799. The second-order valence-corrected chi connectivity index (χ2v) is 9.50. The van der Waals surface area contributed by atoms with Gasteiger partial charge in [0.05, 0.1) is 6.54 Å². The zero-order chi connectivity index (χ0) is 17.4. The van der Waals surface area contributed by atoms with Crippen molar-refractivity contribution in [3.05, 3.63) is 0 Å². The van der Waals surface area contributed by atoms with Crippen molar-refractivity contribution < 1.29 is 9.59 Å². The van der Waals surface area contributed by atoms with Gasteiger partial charge in [0.25, 0.3) is 0 Å². The topological polar surface area (TPSA) is 61.4 Å². The van der Waals surface area contributed by atoms with E-state index >= 15 is 0 Å². The van der Waals surface area contributed by atoms with Crippen molar-refractivity contribution in [1.29, 1.82) is 0 Å². The van der Waals surface area contributed by atoms with E-state index < -0.39 is 0 Å². The molecule has 0 aromatic rings. The highest BCUT2D eigenvalue weighted by Gasteiger charge is 2.51.